The van der Waals surface area contributed by atoms with Gasteiger partial charge in [-0.25, -0.2) is 15.0 Å². The van der Waals surface area contributed by atoms with E-state index in [1.165, 1.54) is 0 Å². The quantitative estimate of drug-likeness (QED) is 0.122. The molecule has 3 heteroatoms. The van der Waals surface area contributed by atoms with Gasteiger partial charge in [0.25, 0.3) is 0 Å². The van der Waals surface area contributed by atoms with Crippen LogP contribution in [0.5, 0.6) is 0 Å². The average Bonchev–Trinajstić information content (AvgIpc) is 3.73. The van der Waals surface area contributed by atoms with Crippen molar-refractivity contribution in [1.29, 1.82) is 0 Å². The van der Waals surface area contributed by atoms with Gasteiger partial charge in [-0.3, -0.25) is 0 Å². The molecule has 3 nitrogen and oxygen atoms in total. The highest BCUT2D eigenvalue weighted by molar-refractivity contribution is 6.05. The number of benzene rings is 11. The maximum absolute atomic E-state index is 5.71. The van der Waals surface area contributed by atoms with Crippen LogP contribution in [-0.2, 0) is 0 Å². The van der Waals surface area contributed by atoms with Crippen LogP contribution in [0.25, 0.3) is 134 Å². The predicted molar refractivity (Wildman–Crippen MR) is 325 cm³/mol. The van der Waals surface area contributed by atoms with Gasteiger partial charge in [0.05, 0.1) is 22.8 Å². The van der Waals surface area contributed by atoms with Crippen LogP contribution in [-0.4, -0.2) is 15.0 Å². The Bertz CT molecular complexity index is 3830. The van der Waals surface area contributed by atoms with E-state index in [4.69, 9.17) is 15.0 Å². The molecule has 2 aromatic heterocycles. The lowest BCUT2D eigenvalue weighted by Gasteiger charge is -2.23. The van der Waals surface area contributed by atoms with E-state index in [1.807, 2.05) is 0 Å². The molecule has 11 aromatic carbocycles. The van der Waals surface area contributed by atoms with Crippen LogP contribution < -0.4 is 0 Å². The van der Waals surface area contributed by atoms with Crippen LogP contribution in [0.15, 0.2) is 309 Å². The third kappa shape index (κ3) is 9.76. The minimum atomic E-state index is 0.616. The van der Waals surface area contributed by atoms with Crippen LogP contribution in [0.3, 0.4) is 0 Å². The van der Waals surface area contributed by atoms with E-state index in [0.717, 1.165) is 128 Å². The van der Waals surface area contributed by atoms with E-state index in [2.05, 4.69) is 309 Å². The van der Waals surface area contributed by atoms with Gasteiger partial charge in [-0.2, -0.15) is 0 Å². The number of nitrogens with zero attached hydrogens (tertiary/aromatic N) is 3. The number of hydrogen-bond donors (Lipinski definition) is 0. The normalized spacial score (nSPS) is 11.1. The highest BCUT2D eigenvalue weighted by atomic mass is 14.9. The van der Waals surface area contributed by atoms with Gasteiger partial charge in [-0.05, 0) is 110 Å². The highest BCUT2D eigenvalue weighted by Gasteiger charge is 2.26. The van der Waals surface area contributed by atoms with Crippen LogP contribution in [0.2, 0.25) is 0 Å². The SMILES string of the molecule is c1ccc(-c2cc(-c3ccccc3)cc(-c3cc(-c4cc(-c5ccccc5)cc(-c5ccccc5)c4)nc(-c4cccc(-c5c(-c6ccccc6)c(-c6ccccc6)nc(-c6ccccc6)c5-c5ccccc5)c4)n3)c2)cc1. The molecular formula is C75H51N3. The lowest BCUT2D eigenvalue weighted by atomic mass is 9.83. The number of pyridine rings is 1. The van der Waals surface area contributed by atoms with Gasteiger partial charge in [0.15, 0.2) is 5.82 Å². The molecule has 0 aliphatic rings. The second-order valence-corrected chi connectivity index (χ2v) is 19.5. The molecule has 0 saturated heterocycles. The third-order valence-corrected chi connectivity index (χ3v) is 14.4. The second kappa shape index (κ2) is 21.5. The summed E-state index contributed by atoms with van der Waals surface area (Å²) in [5.41, 5.74) is 23.7. The molecule has 78 heavy (non-hydrogen) atoms. The fourth-order valence-electron chi connectivity index (χ4n) is 10.7. The summed E-state index contributed by atoms with van der Waals surface area (Å²) in [5, 5.41) is 0. The maximum atomic E-state index is 5.71. The fraction of sp³-hybridized carbons (Fsp3) is 0. The first-order valence-corrected chi connectivity index (χ1v) is 26.5. The third-order valence-electron chi connectivity index (χ3n) is 14.4. The smallest absolute Gasteiger partial charge is 0.160 e. The number of rotatable bonds is 12. The van der Waals surface area contributed by atoms with Crippen molar-refractivity contribution in [3.05, 3.63) is 309 Å². The van der Waals surface area contributed by atoms with Gasteiger partial charge in [-0.1, -0.05) is 261 Å². The standard InChI is InChI=1S/C75H51N3/c1-9-26-52(27-10-1)62-45-63(53-28-11-2-12-29-53)48-66(47-62)68-51-69(67-49-64(54-30-13-3-14-31-54)46-65(50-67)55-32-15-4-16-33-55)77-75(76-68)61-43-25-42-60(44-61)70-71(56-34-17-5-18-35-56)73(58-38-21-7-22-39-58)78-74(59-40-23-8-24-41-59)72(70)57-36-19-6-20-37-57/h1-51H. The van der Waals surface area contributed by atoms with Crippen molar-refractivity contribution in [2.45, 2.75) is 0 Å². The van der Waals surface area contributed by atoms with Crippen LogP contribution in [0.4, 0.5) is 0 Å². The molecule has 0 spiro atoms. The molecule has 0 atom stereocenters. The minimum absolute atomic E-state index is 0.616. The van der Waals surface area contributed by atoms with Gasteiger partial charge in [0.2, 0.25) is 0 Å². The zero-order chi connectivity index (χ0) is 52.0. The Balaban J connectivity index is 1.10. The van der Waals surface area contributed by atoms with E-state index < -0.39 is 0 Å². The Morgan fingerprint density at radius 1 is 0.154 bits per heavy atom. The Labute approximate surface area is 456 Å². The van der Waals surface area contributed by atoms with Crippen molar-refractivity contribution >= 4 is 0 Å². The molecular weight excluding hydrogens is 943 g/mol. The Hall–Kier alpha value is -10.4. The second-order valence-electron chi connectivity index (χ2n) is 19.5. The first kappa shape index (κ1) is 47.4. The molecule has 366 valence electrons. The molecule has 0 bridgehead atoms. The topological polar surface area (TPSA) is 38.7 Å². The molecule has 0 fully saturated rings. The summed E-state index contributed by atoms with van der Waals surface area (Å²) >= 11 is 0. The molecule has 0 radical (unpaired) electrons. The molecule has 0 amide bonds. The van der Waals surface area contributed by atoms with Crippen molar-refractivity contribution in [2.24, 2.45) is 0 Å². The van der Waals surface area contributed by atoms with Crippen molar-refractivity contribution in [3.8, 4) is 134 Å². The van der Waals surface area contributed by atoms with Gasteiger partial charge < -0.3 is 0 Å². The molecule has 2 heterocycles. The summed E-state index contributed by atoms with van der Waals surface area (Å²) < 4.78 is 0. The number of aromatic nitrogens is 3. The van der Waals surface area contributed by atoms with E-state index in [1.54, 1.807) is 0 Å². The predicted octanol–water partition coefficient (Wildman–Crippen LogP) is 19.9. The molecule has 0 unspecified atom stereocenters. The summed E-state index contributed by atoms with van der Waals surface area (Å²) in [6.07, 6.45) is 0. The molecule has 0 aliphatic carbocycles. The molecule has 13 aromatic rings. The average molecular weight is 994 g/mol. The van der Waals surface area contributed by atoms with Gasteiger partial charge in [0.1, 0.15) is 0 Å². The molecule has 0 saturated carbocycles. The first-order chi connectivity index (χ1) is 38.7. The monoisotopic (exact) mass is 993 g/mol. The van der Waals surface area contributed by atoms with Crippen molar-refractivity contribution in [1.82, 2.24) is 15.0 Å². The number of hydrogen-bond acceptors (Lipinski definition) is 3. The van der Waals surface area contributed by atoms with Gasteiger partial charge in [0, 0.05) is 44.5 Å². The molecule has 0 N–H and O–H groups in total. The lowest BCUT2D eigenvalue weighted by Crippen LogP contribution is -2.02. The van der Waals surface area contributed by atoms with Crippen LogP contribution >= 0.6 is 0 Å². The summed E-state index contributed by atoms with van der Waals surface area (Å²) in [7, 11) is 0. The van der Waals surface area contributed by atoms with E-state index in [-0.39, 0.29) is 0 Å². The van der Waals surface area contributed by atoms with E-state index >= 15 is 0 Å². The van der Waals surface area contributed by atoms with Crippen molar-refractivity contribution in [2.75, 3.05) is 0 Å². The zero-order valence-corrected chi connectivity index (χ0v) is 42.8. The first-order valence-electron chi connectivity index (χ1n) is 26.5. The molecule has 0 aliphatic heterocycles. The lowest BCUT2D eigenvalue weighted by molar-refractivity contribution is 1.18. The van der Waals surface area contributed by atoms with Crippen molar-refractivity contribution in [3.63, 3.8) is 0 Å². The minimum Gasteiger partial charge on any atom is -0.246 e. The van der Waals surface area contributed by atoms with Gasteiger partial charge in [-0.15, -0.1) is 0 Å². The Morgan fingerprint density at radius 3 is 0.744 bits per heavy atom. The van der Waals surface area contributed by atoms with Crippen molar-refractivity contribution < 1.29 is 0 Å². The Morgan fingerprint density at radius 2 is 0.410 bits per heavy atom. The van der Waals surface area contributed by atoms with Crippen LogP contribution in [0.1, 0.15) is 0 Å². The fourth-order valence-corrected chi connectivity index (χ4v) is 10.7. The van der Waals surface area contributed by atoms with Gasteiger partial charge >= 0.3 is 0 Å². The Kier molecular flexibility index (Phi) is 13.0. The zero-order valence-electron chi connectivity index (χ0n) is 42.8. The van der Waals surface area contributed by atoms with Crippen LogP contribution in [0, 0.1) is 0 Å². The molecule has 13 rings (SSSR count). The highest BCUT2D eigenvalue weighted by Crippen LogP contribution is 2.49. The summed E-state index contributed by atoms with van der Waals surface area (Å²) in [6.45, 7) is 0. The summed E-state index contributed by atoms with van der Waals surface area (Å²) in [4.78, 5) is 17.0. The summed E-state index contributed by atoms with van der Waals surface area (Å²) in [5.74, 6) is 0.616. The van der Waals surface area contributed by atoms with E-state index in [9.17, 15) is 0 Å². The summed E-state index contributed by atoms with van der Waals surface area (Å²) in [6, 6.07) is 110. The maximum Gasteiger partial charge on any atom is 0.160 e. The van der Waals surface area contributed by atoms with E-state index in [0.29, 0.717) is 5.82 Å². The largest absolute Gasteiger partial charge is 0.246 e.